The van der Waals surface area contributed by atoms with Gasteiger partial charge in [-0.1, -0.05) is 0 Å². The van der Waals surface area contributed by atoms with Crippen LogP contribution in [0.25, 0.3) is 0 Å². The van der Waals surface area contributed by atoms with Crippen LogP contribution in [0.2, 0.25) is 0 Å². The molecule has 0 bridgehead atoms. The normalized spacial score (nSPS) is 11.1. The van der Waals surface area contributed by atoms with Gasteiger partial charge in [0.1, 0.15) is 0 Å². The number of methoxy groups -OCH3 is 2. The van der Waals surface area contributed by atoms with E-state index in [1.165, 1.54) is 0 Å². The van der Waals surface area contributed by atoms with Crippen molar-refractivity contribution in [1.29, 1.82) is 0 Å². The molecule has 1 aromatic rings. The van der Waals surface area contributed by atoms with Crippen LogP contribution in [0.15, 0.2) is 12.4 Å². The molecule has 0 aliphatic carbocycles. The molecule has 0 unspecified atom stereocenters. The van der Waals surface area contributed by atoms with Gasteiger partial charge in [-0.25, -0.2) is 4.98 Å². The maximum Gasteiger partial charge on any atom is 0.202 e. The Hall–Kier alpha value is -1.11. The SMILES string of the molecule is COCCN(C)CCNc1nccn1CCOC. The summed E-state index contributed by atoms with van der Waals surface area (Å²) < 4.78 is 12.1. The third kappa shape index (κ3) is 5.48. The van der Waals surface area contributed by atoms with Gasteiger partial charge in [-0.2, -0.15) is 0 Å². The molecule has 6 nitrogen and oxygen atoms in total. The molecule has 0 aromatic carbocycles. The molecule has 1 rings (SSSR count). The zero-order valence-corrected chi connectivity index (χ0v) is 11.6. The molecule has 0 fully saturated rings. The van der Waals surface area contributed by atoms with Crippen LogP contribution in [0, 0.1) is 0 Å². The molecule has 0 spiro atoms. The van der Waals surface area contributed by atoms with E-state index in [0.717, 1.165) is 38.7 Å². The summed E-state index contributed by atoms with van der Waals surface area (Å²) in [6, 6.07) is 0. The third-order valence-electron chi connectivity index (χ3n) is 2.71. The zero-order chi connectivity index (χ0) is 13.2. The molecule has 0 saturated heterocycles. The Morgan fingerprint density at radius 1 is 1.28 bits per heavy atom. The van der Waals surface area contributed by atoms with Gasteiger partial charge >= 0.3 is 0 Å². The van der Waals surface area contributed by atoms with E-state index in [9.17, 15) is 0 Å². The van der Waals surface area contributed by atoms with Crippen LogP contribution in [0.5, 0.6) is 0 Å². The first-order valence-corrected chi connectivity index (χ1v) is 6.19. The van der Waals surface area contributed by atoms with Crippen LogP contribution in [-0.4, -0.2) is 68.6 Å². The molecule has 1 heterocycles. The number of imidazole rings is 1. The number of nitrogens with zero attached hydrogens (tertiary/aromatic N) is 3. The largest absolute Gasteiger partial charge is 0.383 e. The number of nitrogens with one attached hydrogen (secondary N) is 1. The van der Waals surface area contributed by atoms with Gasteiger partial charge < -0.3 is 24.3 Å². The van der Waals surface area contributed by atoms with Crippen LogP contribution in [0.4, 0.5) is 5.95 Å². The molecule has 6 heteroatoms. The lowest BCUT2D eigenvalue weighted by Gasteiger charge is -2.16. The van der Waals surface area contributed by atoms with Crippen LogP contribution < -0.4 is 5.32 Å². The predicted octanol–water partition coefficient (Wildman–Crippen LogP) is 0.520. The fourth-order valence-corrected chi connectivity index (χ4v) is 1.56. The van der Waals surface area contributed by atoms with Gasteiger partial charge in [0.15, 0.2) is 0 Å². The van der Waals surface area contributed by atoms with Crippen molar-refractivity contribution in [2.24, 2.45) is 0 Å². The molecule has 0 amide bonds. The van der Waals surface area contributed by atoms with Gasteiger partial charge in [0.2, 0.25) is 5.95 Å². The van der Waals surface area contributed by atoms with Gasteiger partial charge in [0.05, 0.1) is 13.2 Å². The number of hydrogen-bond donors (Lipinski definition) is 1. The summed E-state index contributed by atoms with van der Waals surface area (Å²) in [5, 5.41) is 3.32. The molecule has 0 radical (unpaired) electrons. The van der Waals surface area contributed by atoms with Crippen LogP contribution in [0.3, 0.4) is 0 Å². The van der Waals surface area contributed by atoms with E-state index in [-0.39, 0.29) is 0 Å². The molecular formula is C12H24N4O2. The Labute approximate surface area is 109 Å². The quantitative estimate of drug-likeness (QED) is 0.661. The molecule has 18 heavy (non-hydrogen) atoms. The van der Waals surface area contributed by atoms with E-state index in [0.29, 0.717) is 6.61 Å². The van der Waals surface area contributed by atoms with E-state index >= 15 is 0 Å². The standard InChI is InChI=1S/C12H24N4O2/c1-15(8-10-17-2)6-4-13-12-14-5-7-16(12)9-11-18-3/h5,7H,4,6,8-11H2,1-3H3,(H,13,14). The van der Waals surface area contributed by atoms with Crippen molar-refractivity contribution in [3.05, 3.63) is 12.4 Å². The summed E-state index contributed by atoms with van der Waals surface area (Å²) in [5.74, 6) is 0.896. The van der Waals surface area contributed by atoms with Crippen molar-refractivity contribution >= 4 is 5.95 Å². The van der Waals surface area contributed by atoms with Crippen molar-refractivity contribution in [2.75, 3.05) is 59.4 Å². The van der Waals surface area contributed by atoms with E-state index in [1.54, 1.807) is 20.4 Å². The van der Waals surface area contributed by atoms with Crippen molar-refractivity contribution < 1.29 is 9.47 Å². The molecule has 1 N–H and O–H groups in total. The second-order valence-corrected chi connectivity index (χ2v) is 4.16. The minimum Gasteiger partial charge on any atom is -0.383 e. The van der Waals surface area contributed by atoms with E-state index in [2.05, 4.69) is 26.8 Å². The second-order valence-electron chi connectivity index (χ2n) is 4.16. The highest BCUT2D eigenvalue weighted by atomic mass is 16.5. The van der Waals surface area contributed by atoms with E-state index < -0.39 is 0 Å². The van der Waals surface area contributed by atoms with Crippen LogP contribution >= 0.6 is 0 Å². The Balaban J connectivity index is 2.24. The van der Waals surface area contributed by atoms with Gasteiger partial charge in [-0.15, -0.1) is 0 Å². The monoisotopic (exact) mass is 256 g/mol. The first kappa shape index (κ1) is 14.9. The Kier molecular flexibility index (Phi) is 7.40. The maximum atomic E-state index is 5.06. The minimum atomic E-state index is 0.693. The molecule has 0 aliphatic rings. The fraction of sp³-hybridized carbons (Fsp3) is 0.750. The topological polar surface area (TPSA) is 51.5 Å². The average molecular weight is 256 g/mol. The van der Waals surface area contributed by atoms with Gasteiger partial charge in [-0.3, -0.25) is 0 Å². The molecular weight excluding hydrogens is 232 g/mol. The number of hydrogen-bond acceptors (Lipinski definition) is 5. The highest BCUT2D eigenvalue weighted by molar-refractivity contribution is 5.25. The average Bonchev–Trinajstić information content (AvgIpc) is 2.81. The highest BCUT2D eigenvalue weighted by Gasteiger charge is 2.02. The van der Waals surface area contributed by atoms with Gasteiger partial charge in [-0.05, 0) is 7.05 Å². The summed E-state index contributed by atoms with van der Waals surface area (Å²) in [7, 11) is 5.51. The number of aromatic nitrogens is 2. The van der Waals surface area contributed by atoms with Crippen LogP contribution in [0.1, 0.15) is 0 Å². The maximum absolute atomic E-state index is 5.06. The first-order chi connectivity index (χ1) is 8.77. The summed E-state index contributed by atoms with van der Waals surface area (Å²) in [6.45, 7) is 5.04. The van der Waals surface area contributed by atoms with Crippen molar-refractivity contribution in [3.63, 3.8) is 0 Å². The number of likely N-dealkylation sites (N-methyl/N-ethyl adjacent to an activating group) is 1. The fourth-order valence-electron chi connectivity index (χ4n) is 1.56. The summed E-state index contributed by atoms with van der Waals surface area (Å²) >= 11 is 0. The molecule has 0 saturated carbocycles. The smallest absolute Gasteiger partial charge is 0.202 e. The Morgan fingerprint density at radius 2 is 2.06 bits per heavy atom. The van der Waals surface area contributed by atoms with Gasteiger partial charge in [0, 0.05) is 52.8 Å². The minimum absolute atomic E-state index is 0.693. The molecule has 0 aliphatic heterocycles. The van der Waals surface area contributed by atoms with Crippen LogP contribution in [-0.2, 0) is 16.0 Å². The Bertz CT molecular complexity index is 317. The lowest BCUT2D eigenvalue weighted by Crippen LogP contribution is -2.28. The Morgan fingerprint density at radius 3 is 2.78 bits per heavy atom. The predicted molar refractivity (Wildman–Crippen MR) is 72.0 cm³/mol. The van der Waals surface area contributed by atoms with Crippen molar-refractivity contribution in [1.82, 2.24) is 14.5 Å². The lowest BCUT2D eigenvalue weighted by atomic mass is 10.5. The van der Waals surface area contributed by atoms with Gasteiger partial charge in [0.25, 0.3) is 0 Å². The summed E-state index contributed by atoms with van der Waals surface area (Å²) in [5.41, 5.74) is 0. The lowest BCUT2D eigenvalue weighted by molar-refractivity contribution is 0.163. The third-order valence-corrected chi connectivity index (χ3v) is 2.71. The molecule has 1 aromatic heterocycles. The zero-order valence-electron chi connectivity index (χ0n) is 11.6. The highest BCUT2D eigenvalue weighted by Crippen LogP contribution is 2.03. The first-order valence-electron chi connectivity index (χ1n) is 6.19. The molecule has 0 atom stereocenters. The summed E-state index contributed by atoms with van der Waals surface area (Å²) in [4.78, 5) is 6.50. The van der Waals surface area contributed by atoms with E-state index in [4.69, 9.17) is 9.47 Å². The van der Waals surface area contributed by atoms with Crippen molar-refractivity contribution in [3.8, 4) is 0 Å². The second kappa shape index (κ2) is 8.91. The number of ether oxygens (including phenoxy) is 2. The van der Waals surface area contributed by atoms with Crippen molar-refractivity contribution in [2.45, 2.75) is 6.54 Å². The number of anilines is 1. The number of rotatable bonds is 10. The molecule has 104 valence electrons. The van der Waals surface area contributed by atoms with E-state index in [1.807, 2.05) is 6.20 Å². The summed E-state index contributed by atoms with van der Waals surface area (Å²) in [6.07, 6.45) is 3.75.